The minimum atomic E-state index is -5.08. The summed E-state index contributed by atoms with van der Waals surface area (Å²) in [6, 6.07) is 12.6. The Balaban J connectivity index is 0.000000587. The number of nitriles is 1. The molecule has 216 valence electrons. The number of carboxylic acids is 1. The van der Waals surface area contributed by atoms with Gasteiger partial charge in [0.25, 0.3) is 0 Å². The van der Waals surface area contributed by atoms with Crippen LogP contribution in [-0.2, 0) is 16.0 Å². The number of ether oxygens (including phenoxy) is 1. The number of anilines is 1. The summed E-state index contributed by atoms with van der Waals surface area (Å²) in [4.78, 5) is 50.1. The van der Waals surface area contributed by atoms with Crippen molar-refractivity contribution in [2.45, 2.75) is 44.4 Å². The van der Waals surface area contributed by atoms with Gasteiger partial charge in [0, 0.05) is 34.9 Å². The summed E-state index contributed by atoms with van der Waals surface area (Å²) < 4.78 is 37.2. The molecule has 3 aromatic rings. The Morgan fingerprint density at radius 2 is 1.88 bits per heavy atom. The van der Waals surface area contributed by atoms with Crippen molar-refractivity contribution in [3.63, 3.8) is 0 Å². The van der Waals surface area contributed by atoms with Gasteiger partial charge in [-0.3, -0.25) is 14.9 Å². The Kier molecular flexibility index (Phi) is 9.69. The van der Waals surface area contributed by atoms with E-state index in [1.165, 1.54) is 6.92 Å². The van der Waals surface area contributed by atoms with Crippen LogP contribution >= 0.6 is 0 Å². The van der Waals surface area contributed by atoms with Gasteiger partial charge in [0.05, 0.1) is 12.1 Å². The molecule has 4 rings (SSSR count). The van der Waals surface area contributed by atoms with Crippen LogP contribution in [0, 0.1) is 11.3 Å². The van der Waals surface area contributed by atoms with Gasteiger partial charge in [-0.25, -0.2) is 9.59 Å². The molecule has 1 fully saturated rings. The van der Waals surface area contributed by atoms with Crippen LogP contribution in [0.15, 0.2) is 48.7 Å². The number of likely N-dealkylation sites (tertiary alicyclic amines) is 1. The first-order valence-electron chi connectivity index (χ1n) is 12.3. The normalized spacial score (nSPS) is 15.3. The first kappa shape index (κ1) is 30.6. The number of rotatable bonds is 6. The number of hydrogen-bond donors (Lipinski definition) is 4. The average molecular weight is 574 g/mol. The zero-order valence-electron chi connectivity index (χ0n) is 21.7. The van der Waals surface area contributed by atoms with E-state index in [9.17, 15) is 32.8 Å². The second-order valence-corrected chi connectivity index (χ2v) is 9.10. The van der Waals surface area contributed by atoms with Crippen molar-refractivity contribution in [1.82, 2.24) is 9.88 Å². The van der Waals surface area contributed by atoms with Crippen molar-refractivity contribution in [1.29, 1.82) is 5.26 Å². The molecule has 2 atom stereocenters. The van der Waals surface area contributed by atoms with Gasteiger partial charge in [0.15, 0.2) is 5.78 Å². The number of halogens is 3. The van der Waals surface area contributed by atoms with E-state index in [1.54, 1.807) is 53.6 Å². The molecule has 1 saturated heterocycles. The smallest absolute Gasteiger partial charge is 0.475 e. The molecule has 11 nitrogen and oxygen atoms in total. The number of carbonyl (C=O) groups excluding carboxylic acids is 3. The number of ketones is 1. The van der Waals surface area contributed by atoms with Crippen molar-refractivity contribution in [2.75, 3.05) is 11.9 Å². The molecule has 2 amide bonds. The average Bonchev–Trinajstić information content (AvgIpc) is 3.55. The van der Waals surface area contributed by atoms with Crippen LogP contribution in [0.4, 0.5) is 23.7 Å². The molecule has 2 heterocycles. The highest BCUT2D eigenvalue weighted by atomic mass is 19.4. The number of benzene rings is 2. The number of carboxylic acid groups (broad SMARTS) is 1. The standard InChI is InChI=1S/C25H25N5O4.C2HF3O2/c1-15(31)16-4-6-18(7-5-16)29-25(33)34-20-8-9-23-21(12-20)17(14-28-23)11-22(27)24(32)30-10-2-3-19(30)13-26;3-2(4,5)1(6)7/h4-9,12,14,19,22,28H,2-3,10-11,27H2,1H3,(H,29,33);(H,6,7). The van der Waals surface area contributed by atoms with Crippen molar-refractivity contribution in [3.05, 3.63) is 59.8 Å². The van der Waals surface area contributed by atoms with Crippen molar-refractivity contribution in [3.8, 4) is 11.8 Å². The summed E-state index contributed by atoms with van der Waals surface area (Å²) in [7, 11) is 0. The molecular weight excluding hydrogens is 547 g/mol. The molecule has 0 saturated carbocycles. The van der Waals surface area contributed by atoms with Gasteiger partial charge >= 0.3 is 18.2 Å². The molecular formula is C27H26F3N5O6. The number of alkyl halides is 3. The lowest BCUT2D eigenvalue weighted by atomic mass is 10.0. The number of hydrogen-bond acceptors (Lipinski definition) is 7. The fraction of sp³-hybridized carbons (Fsp3) is 0.296. The molecule has 2 unspecified atom stereocenters. The number of amides is 2. The van der Waals surface area contributed by atoms with Crippen LogP contribution in [0.2, 0.25) is 0 Å². The van der Waals surface area contributed by atoms with Gasteiger partial charge in [-0.15, -0.1) is 0 Å². The van der Waals surface area contributed by atoms with Gasteiger partial charge in [-0.05, 0) is 74.2 Å². The van der Waals surface area contributed by atoms with E-state index in [-0.39, 0.29) is 18.1 Å². The van der Waals surface area contributed by atoms with Crippen LogP contribution in [-0.4, -0.2) is 63.5 Å². The first-order chi connectivity index (χ1) is 19.3. The predicted molar refractivity (Wildman–Crippen MR) is 140 cm³/mol. The van der Waals surface area contributed by atoms with Gasteiger partial charge in [0.2, 0.25) is 5.91 Å². The predicted octanol–water partition coefficient (Wildman–Crippen LogP) is 4.00. The molecule has 2 aromatic carbocycles. The van der Waals surface area contributed by atoms with Crippen molar-refractivity contribution in [2.24, 2.45) is 5.73 Å². The Morgan fingerprint density at radius 3 is 2.46 bits per heavy atom. The number of aliphatic carboxylic acids is 1. The van der Waals surface area contributed by atoms with Gasteiger partial charge in [0.1, 0.15) is 11.8 Å². The number of nitrogens with two attached hydrogens (primary N) is 1. The maximum absolute atomic E-state index is 12.8. The third-order valence-corrected chi connectivity index (χ3v) is 6.17. The largest absolute Gasteiger partial charge is 0.490 e. The van der Waals surface area contributed by atoms with E-state index >= 15 is 0 Å². The summed E-state index contributed by atoms with van der Waals surface area (Å²) in [5.41, 5.74) is 8.88. The van der Waals surface area contributed by atoms with Crippen LogP contribution in [0.25, 0.3) is 10.9 Å². The number of H-pyrrole nitrogens is 1. The minimum Gasteiger partial charge on any atom is -0.475 e. The van der Waals surface area contributed by atoms with Crippen molar-refractivity contribution >= 4 is 40.3 Å². The minimum absolute atomic E-state index is 0.0588. The second kappa shape index (κ2) is 13.0. The monoisotopic (exact) mass is 573 g/mol. The second-order valence-electron chi connectivity index (χ2n) is 9.10. The number of nitrogens with one attached hydrogen (secondary N) is 2. The summed E-state index contributed by atoms with van der Waals surface area (Å²) in [5, 5.41) is 19.8. The highest BCUT2D eigenvalue weighted by Gasteiger charge is 2.38. The molecule has 0 aliphatic carbocycles. The molecule has 41 heavy (non-hydrogen) atoms. The zero-order chi connectivity index (χ0) is 30.3. The molecule has 14 heteroatoms. The Labute approximate surface area is 231 Å². The van der Waals surface area contributed by atoms with E-state index in [0.29, 0.717) is 30.0 Å². The molecule has 0 radical (unpaired) electrons. The van der Waals surface area contributed by atoms with E-state index in [4.69, 9.17) is 20.4 Å². The van der Waals surface area contributed by atoms with Crippen LogP contribution in [0.1, 0.15) is 35.7 Å². The van der Waals surface area contributed by atoms with Gasteiger partial charge < -0.3 is 25.5 Å². The zero-order valence-corrected chi connectivity index (χ0v) is 21.7. The topological polar surface area (TPSA) is 179 Å². The lowest BCUT2D eigenvalue weighted by Gasteiger charge is -2.23. The van der Waals surface area contributed by atoms with Gasteiger partial charge in [-0.1, -0.05) is 0 Å². The number of nitrogens with zero attached hydrogens (tertiary/aromatic N) is 2. The Morgan fingerprint density at radius 1 is 1.22 bits per heavy atom. The molecule has 1 aromatic heterocycles. The van der Waals surface area contributed by atoms with E-state index < -0.39 is 30.3 Å². The quantitative estimate of drug-likeness (QED) is 0.320. The molecule has 1 aliphatic rings. The first-order valence-corrected chi connectivity index (χ1v) is 12.3. The maximum atomic E-state index is 12.8. The third kappa shape index (κ3) is 8.05. The van der Waals surface area contributed by atoms with Crippen molar-refractivity contribution < 1.29 is 42.2 Å². The number of aromatic nitrogens is 1. The number of aromatic amines is 1. The van der Waals surface area contributed by atoms with Crippen LogP contribution < -0.4 is 15.8 Å². The summed E-state index contributed by atoms with van der Waals surface area (Å²) in [6.45, 7) is 2.02. The lowest BCUT2D eigenvalue weighted by Crippen LogP contribution is -2.46. The number of fused-ring (bicyclic) bond motifs is 1. The summed E-state index contributed by atoms with van der Waals surface area (Å²) >= 11 is 0. The highest BCUT2D eigenvalue weighted by Crippen LogP contribution is 2.26. The van der Waals surface area contributed by atoms with Crippen LogP contribution in [0.5, 0.6) is 5.75 Å². The van der Waals surface area contributed by atoms with E-state index in [2.05, 4.69) is 16.4 Å². The summed E-state index contributed by atoms with van der Waals surface area (Å²) in [5.74, 6) is -2.72. The highest BCUT2D eigenvalue weighted by molar-refractivity contribution is 5.95. The molecule has 5 N–H and O–H groups in total. The Hall–Kier alpha value is -4.90. The lowest BCUT2D eigenvalue weighted by molar-refractivity contribution is -0.192. The van der Waals surface area contributed by atoms with E-state index in [1.807, 2.05) is 0 Å². The molecule has 0 bridgehead atoms. The summed E-state index contributed by atoms with van der Waals surface area (Å²) in [6.07, 6.45) is -2.22. The molecule has 0 spiro atoms. The SMILES string of the molecule is CC(=O)c1ccc(NC(=O)Oc2ccc3[nH]cc(CC(N)C(=O)N4CCCC4C#N)c3c2)cc1.O=C(O)C(F)(F)F. The third-order valence-electron chi connectivity index (χ3n) is 6.17. The van der Waals surface area contributed by atoms with Gasteiger partial charge in [-0.2, -0.15) is 18.4 Å². The van der Waals surface area contributed by atoms with Crippen LogP contribution in [0.3, 0.4) is 0 Å². The number of carbonyl (C=O) groups is 4. The Bertz CT molecular complexity index is 1480. The fourth-order valence-corrected chi connectivity index (χ4v) is 4.13. The number of Topliss-reactive ketones (excluding diaryl/α,β-unsaturated/α-hetero) is 1. The van der Waals surface area contributed by atoms with E-state index in [0.717, 1.165) is 22.9 Å². The fourth-order valence-electron chi connectivity index (χ4n) is 4.13. The molecule has 1 aliphatic heterocycles. The maximum Gasteiger partial charge on any atom is 0.490 e.